The van der Waals surface area contributed by atoms with Gasteiger partial charge < -0.3 is 0 Å². The first-order valence-electron chi connectivity index (χ1n) is 0.988. The van der Waals surface area contributed by atoms with Gasteiger partial charge in [0.1, 0.15) is 0 Å². The van der Waals surface area contributed by atoms with E-state index >= 15 is 0 Å². The van der Waals surface area contributed by atoms with Crippen LogP contribution in [-0.4, -0.2) is 0 Å². The van der Waals surface area contributed by atoms with Crippen molar-refractivity contribution in [3.63, 3.8) is 0 Å². The summed E-state index contributed by atoms with van der Waals surface area (Å²) >= 11 is 0.595. The summed E-state index contributed by atoms with van der Waals surface area (Å²) in [6, 6.07) is 0. The molecule has 0 aromatic carbocycles. The van der Waals surface area contributed by atoms with Crippen molar-refractivity contribution in [3.8, 4) is 0 Å². The van der Waals surface area contributed by atoms with E-state index < -0.39 is 0 Å². The van der Waals surface area contributed by atoms with Gasteiger partial charge in [-0.1, -0.05) is 0 Å². The van der Waals surface area contributed by atoms with E-state index in [1.807, 2.05) is 0 Å². The Kier molecular flexibility index (Phi) is 4.51. The Balaban J connectivity index is 2.86. The fourth-order valence-electron chi connectivity index (χ4n) is 0.0324. The number of nitrogens with one attached hydrogen (secondary N) is 1. The molecule has 6 heavy (non-hydrogen) atoms. The van der Waals surface area contributed by atoms with Crippen LogP contribution in [0.5, 0.6) is 0 Å². The van der Waals surface area contributed by atoms with E-state index in [1.165, 1.54) is 0 Å². The van der Waals surface area contributed by atoms with Gasteiger partial charge in [-0.3, -0.25) is 0 Å². The first-order valence-corrected chi connectivity index (χ1v) is 1.92. The fraction of sp³-hybridized carbons (Fsp3) is 0. The van der Waals surface area contributed by atoms with Crippen LogP contribution in [0.2, 0.25) is 0 Å². The van der Waals surface area contributed by atoms with E-state index in [0.29, 0.717) is 14.9 Å². The summed E-state index contributed by atoms with van der Waals surface area (Å²) < 4.78 is 5.06. The standard InChI is InChI=1S/N3.H3N2.Ni/c1-3-2;1-2;/h;1H,2H2;/q2*-1;+2. The minimum absolute atomic E-state index is 0.595. The molecule has 0 rings (SSSR count). The molecule has 0 aliphatic heterocycles. The van der Waals surface area contributed by atoms with Gasteiger partial charge >= 0.3 is 39.9 Å². The molecular formula is H3N5Ni. The van der Waals surface area contributed by atoms with Gasteiger partial charge in [0.25, 0.3) is 0 Å². The summed E-state index contributed by atoms with van der Waals surface area (Å²) in [5.41, 5.74) is 7.54. The van der Waals surface area contributed by atoms with Gasteiger partial charge in [-0.2, -0.15) is 0 Å². The van der Waals surface area contributed by atoms with Crippen molar-refractivity contribution in [2.75, 3.05) is 0 Å². The Bertz CT molecular complexity index is 60.3. The van der Waals surface area contributed by atoms with Crippen molar-refractivity contribution >= 4 is 0 Å². The van der Waals surface area contributed by atoms with Crippen molar-refractivity contribution in [3.05, 3.63) is 10.4 Å². The normalized spacial score (nSPS) is 7.50. The van der Waals surface area contributed by atoms with Gasteiger partial charge in [-0.25, -0.2) is 0 Å². The molecule has 0 saturated heterocycles. The second-order valence-electron chi connectivity index (χ2n) is 0.315. The minimum atomic E-state index is 0.595. The number of nitrogens with zero attached hydrogens (tertiary/aromatic N) is 3. The molecule has 0 radical (unpaired) electrons. The maximum atomic E-state index is 7.54. The molecule has 0 spiro atoms. The molecule has 0 aliphatic carbocycles. The maximum absolute atomic E-state index is 7.54. The summed E-state index contributed by atoms with van der Waals surface area (Å²) in [6.07, 6.45) is 0. The second-order valence-corrected chi connectivity index (χ2v) is 1.02. The molecule has 0 heterocycles. The van der Waals surface area contributed by atoms with Gasteiger partial charge in [0.2, 0.25) is 0 Å². The predicted molar refractivity (Wildman–Crippen MR) is 16.5 cm³/mol. The predicted octanol–water partition coefficient (Wildman–Crippen LogP) is -0.327. The number of hydrogen-bond acceptors (Lipinski definition) is 3. The van der Waals surface area contributed by atoms with Crippen LogP contribution >= 0.6 is 0 Å². The van der Waals surface area contributed by atoms with E-state index in [2.05, 4.69) is 19.5 Å². The first-order chi connectivity index (χ1) is 2.91. The van der Waals surface area contributed by atoms with Gasteiger partial charge in [-0.05, 0) is 0 Å². The molecular weight excluding hydrogens is 129 g/mol. The molecule has 5 nitrogen and oxygen atoms in total. The van der Waals surface area contributed by atoms with Crippen LogP contribution in [0.3, 0.4) is 0 Å². The van der Waals surface area contributed by atoms with Crippen molar-refractivity contribution in [2.45, 2.75) is 0 Å². The zero-order valence-corrected chi connectivity index (χ0v) is 3.72. The van der Waals surface area contributed by atoms with Gasteiger partial charge in [0.15, 0.2) is 0 Å². The molecule has 0 aromatic rings. The van der Waals surface area contributed by atoms with Gasteiger partial charge in [0, 0.05) is 0 Å². The summed E-state index contributed by atoms with van der Waals surface area (Å²) in [5.74, 6) is 4.67. The fourth-order valence-corrected chi connectivity index (χ4v) is 0.134. The van der Waals surface area contributed by atoms with E-state index in [1.54, 1.807) is 0 Å². The van der Waals surface area contributed by atoms with Crippen molar-refractivity contribution < 1.29 is 14.9 Å². The molecule has 38 valence electrons. The Morgan fingerprint density at radius 2 is 2.67 bits per heavy atom. The number of hydrogen-bond donors (Lipinski definition) is 2. The van der Waals surface area contributed by atoms with Gasteiger partial charge in [-0.15, -0.1) is 0 Å². The van der Waals surface area contributed by atoms with Gasteiger partial charge in [0.05, 0.1) is 0 Å². The second kappa shape index (κ2) is 4.72. The molecule has 0 saturated carbocycles. The average Bonchev–Trinajstić information content (AvgIpc) is 1.61. The zero-order chi connectivity index (χ0) is 4.83. The van der Waals surface area contributed by atoms with Crippen molar-refractivity contribution in [1.29, 1.82) is 0 Å². The Morgan fingerprint density at radius 3 is 2.83 bits per heavy atom. The quantitative estimate of drug-likeness (QED) is 0.134. The summed E-state index contributed by atoms with van der Waals surface area (Å²) in [4.78, 5) is 2.38. The number of azide groups is 1. The molecule has 0 unspecified atom stereocenters. The van der Waals surface area contributed by atoms with E-state index in [-0.39, 0.29) is 0 Å². The Morgan fingerprint density at radius 1 is 2.00 bits per heavy atom. The molecule has 0 fully saturated rings. The van der Waals surface area contributed by atoms with Crippen LogP contribution < -0.4 is 10.3 Å². The number of rotatable bonds is 2. The van der Waals surface area contributed by atoms with Crippen LogP contribution in [0.4, 0.5) is 0 Å². The third-order valence-corrected chi connectivity index (χ3v) is 0.415. The van der Waals surface area contributed by atoms with Crippen LogP contribution in [0.15, 0.2) is 4.19 Å². The Hall–Kier alpha value is -0.276. The summed E-state index contributed by atoms with van der Waals surface area (Å²) in [5, 5.41) is 0. The van der Waals surface area contributed by atoms with Crippen molar-refractivity contribution in [1.82, 2.24) is 4.51 Å². The zero-order valence-electron chi connectivity index (χ0n) is 2.74. The van der Waals surface area contributed by atoms with Crippen LogP contribution in [0, 0.1) is 0 Å². The topological polar surface area (TPSA) is 86.8 Å². The molecule has 6 heteroatoms. The monoisotopic (exact) mass is 131 g/mol. The molecule has 0 aromatic heterocycles. The molecule has 0 amide bonds. The Labute approximate surface area is 40.7 Å². The number of hydrazine groups is 1. The summed E-state index contributed by atoms with van der Waals surface area (Å²) in [7, 11) is 0. The summed E-state index contributed by atoms with van der Waals surface area (Å²) in [6.45, 7) is 0. The third-order valence-electron chi connectivity index (χ3n) is 0.101. The first kappa shape index (κ1) is 5.72. The molecule has 0 bridgehead atoms. The molecule has 0 aliphatic rings. The molecule has 3 N–H and O–H groups in total. The van der Waals surface area contributed by atoms with Crippen LogP contribution in [0.1, 0.15) is 0 Å². The third kappa shape index (κ3) is 3.72. The van der Waals surface area contributed by atoms with E-state index in [9.17, 15) is 0 Å². The van der Waals surface area contributed by atoms with E-state index in [0.717, 1.165) is 0 Å². The average molecular weight is 132 g/mol. The number of nitrogens with two attached hydrogens (primary N) is 1. The van der Waals surface area contributed by atoms with Crippen LogP contribution in [0.25, 0.3) is 10.4 Å². The van der Waals surface area contributed by atoms with Crippen LogP contribution in [-0.2, 0) is 14.9 Å². The SMILES string of the molecule is [N-]=[N+]=[N][Ni][NH]N. The molecule has 0 atom stereocenters. The van der Waals surface area contributed by atoms with Crippen molar-refractivity contribution in [2.24, 2.45) is 10.0 Å². The van der Waals surface area contributed by atoms with E-state index in [4.69, 9.17) is 5.53 Å².